The maximum Gasteiger partial charge on any atom is 0.338 e. The molecule has 0 radical (unpaired) electrons. The molecular weight excluding hydrogens is 551 g/mol. The summed E-state index contributed by atoms with van der Waals surface area (Å²) < 4.78 is 21.0. The van der Waals surface area contributed by atoms with Crippen molar-refractivity contribution in [3.05, 3.63) is 48.0 Å². The molecule has 3 aromatic rings. The van der Waals surface area contributed by atoms with Crippen molar-refractivity contribution in [2.24, 2.45) is 0 Å². The Morgan fingerprint density at radius 2 is 2.00 bits per heavy atom. The maximum atomic E-state index is 13.6. The van der Waals surface area contributed by atoms with E-state index in [9.17, 15) is 4.79 Å². The van der Waals surface area contributed by atoms with Crippen molar-refractivity contribution in [1.29, 1.82) is 0 Å². The SMILES string of the molecule is CCSSC(C)c1ccccc1C(=O)OC1C[C@H](n2cnc3c(N)ncnc32)O[C@@H]1CO[Si](C)(C)C(C)(C)C. The third kappa shape index (κ3) is 6.62. The highest BCUT2D eigenvalue weighted by atomic mass is 33.1. The molecule has 1 saturated heterocycles. The fourth-order valence-electron chi connectivity index (χ4n) is 4.19. The van der Waals surface area contributed by atoms with E-state index in [-0.39, 0.29) is 16.3 Å². The van der Waals surface area contributed by atoms with Crippen LogP contribution in [0.4, 0.5) is 5.82 Å². The molecule has 0 bridgehead atoms. The number of aromatic nitrogens is 4. The predicted molar refractivity (Wildman–Crippen MR) is 161 cm³/mol. The molecule has 3 heterocycles. The first kappa shape index (κ1) is 29.8. The highest BCUT2D eigenvalue weighted by molar-refractivity contribution is 8.76. The number of rotatable bonds is 10. The normalized spacial score (nSPS) is 20.8. The average Bonchev–Trinajstić information content (AvgIpc) is 3.50. The number of imidazole rings is 1. The van der Waals surface area contributed by atoms with Crippen LogP contribution in [0.25, 0.3) is 11.2 Å². The molecule has 1 fully saturated rings. The number of ether oxygens (including phenoxy) is 2. The lowest BCUT2D eigenvalue weighted by atomic mass is 10.0. The van der Waals surface area contributed by atoms with Crippen LogP contribution in [0, 0.1) is 0 Å². The molecule has 4 rings (SSSR count). The van der Waals surface area contributed by atoms with Crippen LogP contribution in [0.5, 0.6) is 0 Å². The van der Waals surface area contributed by atoms with Gasteiger partial charge in [-0.25, -0.2) is 19.7 Å². The number of hydrogen-bond donors (Lipinski definition) is 1. The van der Waals surface area contributed by atoms with Gasteiger partial charge in [-0.3, -0.25) is 4.57 Å². The molecule has 39 heavy (non-hydrogen) atoms. The summed E-state index contributed by atoms with van der Waals surface area (Å²) in [5.74, 6) is 0.952. The van der Waals surface area contributed by atoms with Crippen molar-refractivity contribution in [2.45, 2.75) is 82.9 Å². The molecule has 2 N–H and O–H groups in total. The zero-order valence-corrected chi connectivity index (χ0v) is 26.3. The summed E-state index contributed by atoms with van der Waals surface area (Å²) in [5, 5.41) is 0.182. The van der Waals surface area contributed by atoms with Gasteiger partial charge in [0.25, 0.3) is 0 Å². The Morgan fingerprint density at radius 3 is 2.72 bits per heavy atom. The maximum absolute atomic E-state index is 13.6. The quantitative estimate of drug-likeness (QED) is 0.162. The third-order valence-electron chi connectivity index (χ3n) is 7.50. The summed E-state index contributed by atoms with van der Waals surface area (Å²) in [6.07, 6.45) is 2.10. The third-order valence-corrected chi connectivity index (χ3v) is 14.9. The summed E-state index contributed by atoms with van der Waals surface area (Å²) in [6.45, 7) is 15.6. The van der Waals surface area contributed by atoms with Crippen molar-refractivity contribution < 1.29 is 18.7 Å². The second kappa shape index (κ2) is 12.2. The largest absolute Gasteiger partial charge is 0.456 e. The average molecular weight is 590 g/mol. The Morgan fingerprint density at radius 1 is 1.26 bits per heavy atom. The van der Waals surface area contributed by atoms with Crippen LogP contribution >= 0.6 is 21.6 Å². The number of hydrogen-bond acceptors (Lipinski definition) is 10. The molecule has 2 aromatic heterocycles. The van der Waals surface area contributed by atoms with Crippen molar-refractivity contribution in [3.63, 3.8) is 0 Å². The van der Waals surface area contributed by atoms with Gasteiger partial charge in [-0.2, -0.15) is 0 Å². The molecule has 1 aromatic carbocycles. The number of fused-ring (bicyclic) bond motifs is 1. The highest BCUT2D eigenvalue weighted by Gasteiger charge is 2.43. The van der Waals surface area contributed by atoms with Crippen LogP contribution in [0.1, 0.15) is 68.4 Å². The number of nitrogens with zero attached hydrogens (tertiary/aromatic N) is 4. The molecule has 0 saturated carbocycles. The number of carbonyl (C=O) groups is 1. The standard InChI is InChI=1S/C27H39N5O4S2Si/c1-8-37-38-17(2)18-11-9-10-12-19(18)26(33)36-20-13-22(32-16-31-23-24(28)29-15-30-25(23)32)35-21(20)14-34-39(6,7)27(3,4)5/h9-12,15-17,20-22H,8,13-14H2,1-7H3,(H2,28,29,30)/t17?,20?,21-,22-/m1/s1. The molecule has 9 nitrogen and oxygen atoms in total. The van der Waals surface area contributed by atoms with Crippen LogP contribution in [0.2, 0.25) is 18.1 Å². The van der Waals surface area contributed by atoms with Gasteiger partial charge in [0.1, 0.15) is 30.3 Å². The second-order valence-electron chi connectivity index (χ2n) is 11.2. The van der Waals surface area contributed by atoms with Gasteiger partial charge in [0.2, 0.25) is 0 Å². The van der Waals surface area contributed by atoms with Gasteiger partial charge in [-0.15, -0.1) is 0 Å². The zero-order valence-electron chi connectivity index (χ0n) is 23.7. The zero-order chi connectivity index (χ0) is 28.4. The molecule has 2 unspecified atom stereocenters. The minimum Gasteiger partial charge on any atom is -0.456 e. The number of carbonyl (C=O) groups excluding carboxylic acids is 1. The lowest BCUT2D eigenvalue weighted by Crippen LogP contribution is -2.44. The highest BCUT2D eigenvalue weighted by Crippen LogP contribution is 2.41. The summed E-state index contributed by atoms with van der Waals surface area (Å²) in [5.41, 5.74) is 8.64. The lowest BCUT2D eigenvalue weighted by molar-refractivity contribution is -0.0476. The van der Waals surface area contributed by atoms with E-state index in [2.05, 4.69) is 62.7 Å². The molecule has 0 aliphatic carbocycles. The van der Waals surface area contributed by atoms with Gasteiger partial charge in [0.15, 0.2) is 19.8 Å². The molecule has 1 aliphatic heterocycles. The van der Waals surface area contributed by atoms with E-state index in [4.69, 9.17) is 19.6 Å². The van der Waals surface area contributed by atoms with Crippen molar-refractivity contribution >= 4 is 52.9 Å². The number of nitrogens with two attached hydrogens (primary N) is 1. The molecular formula is C27H39N5O4S2Si. The number of nitrogen functional groups attached to an aromatic ring is 1. The number of esters is 1. The minimum atomic E-state index is -2.06. The second-order valence-corrected chi connectivity index (χ2v) is 19.0. The molecule has 1 aliphatic rings. The van der Waals surface area contributed by atoms with Gasteiger partial charge in [0, 0.05) is 17.4 Å². The Bertz CT molecular complexity index is 1300. The summed E-state index contributed by atoms with van der Waals surface area (Å²) in [7, 11) is 1.47. The van der Waals surface area contributed by atoms with E-state index in [1.165, 1.54) is 6.33 Å². The molecule has 4 atom stereocenters. The van der Waals surface area contributed by atoms with Crippen LogP contribution in [-0.4, -0.2) is 58.4 Å². The Kier molecular flexibility index (Phi) is 9.32. The monoisotopic (exact) mass is 589 g/mol. The number of benzene rings is 1. The molecule has 0 amide bonds. The van der Waals surface area contributed by atoms with Crippen molar-refractivity contribution in [3.8, 4) is 0 Å². The molecule has 0 spiro atoms. The van der Waals surface area contributed by atoms with Crippen molar-refractivity contribution in [1.82, 2.24) is 19.5 Å². The van der Waals surface area contributed by atoms with Crippen LogP contribution < -0.4 is 5.73 Å². The first-order valence-electron chi connectivity index (χ1n) is 13.2. The van der Waals surface area contributed by atoms with Gasteiger partial charge >= 0.3 is 5.97 Å². The van der Waals surface area contributed by atoms with Crippen LogP contribution in [-0.2, 0) is 13.9 Å². The van der Waals surface area contributed by atoms with Crippen LogP contribution in [0.3, 0.4) is 0 Å². The van der Waals surface area contributed by atoms with E-state index in [0.717, 1.165) is 11.3 Å². The summed E-state index contributed by atoms with van der Waals surface area (Å²) in [4.78, 5) is 26.4. The Hall–Kier alpha value is -2.12. The smallest absolute Gasteiger partial charge is 0.338 e. The van der Waals surface area contributed by atoms with E-state index in [1.807, 2.05) is 28.8 Å². The molecule has 12 heteroatoms. The van der Waals surface area contributed by atoms with Gasteiger partial charge in [0.05, 0.1) is 18.5 Å². The fraction of sp³-hybridized carbons (Fsp3) is 0.556. The Labute approximate surface area is 239 Å². The number of anilines is 1. The van der Waals surface area contributed by atoms with Gasteiger partial charge < -0.3 is 19.6 Å². The van der Waals surface area contributed by atoms with E-state index < -0.39 is 26.8 Å². The fourth-order valence-corrected chi connectivity index (χ4v) is 7.19. The minimum absolute atomic E-state index is 0.0371. The first-order valence-corrected chi connectivity index (χ1v) is 18.5. The van der Waals surface area contributed by atoms with E-state index in [1.54, 1.807) is 27.9 Å². The van der Waals surface area contributed by atoms with Crippen molar-refractivity contribution in [2.75, 3.05) is 18.1 Å². The summed E-state index contributed by atoms with van der Waals surface area (Å²) in [6, 6.07) is 7.67. The van der Waals surface area contributed by atoms with E-state index in [0.29, 0.717) is 35.6 Å². The predicted octanol–water partition coefficient (Wildman–Crippen LogP) is 6.41. The van der Waals surface area contributed by atoms with Gasteiger partial charge in [-0.1, -0.05) is 67.5 Å². The van der Waals surface area contributed by atoms with Gasteiger partial charge in [-0.05, 0) is 36.7 Å². The molecule has 212 valence electrons. The topological polar surface area (TPSA) is 114 Å². The summed E-state index contributed by atoms with van der Waals surface area (Å²) >= 11 is 0. The first-order chi connectivity index (χ1) is 18.4. The van der Waals surface area contributed by atoms with Crippen LogP contribution in [0.15, 0.2) is 36.9 Å². The Balaban J connectivity index is 1.59. The lowest BCUT2D eigenvalue weighted by Gasteiger charge is -2.37. The van der Waals surface area contributed by atoms with E-state index >= 15 is 0 Å².